The smallest absolute Gasteiger partial charge is 0.326 e. The number of nitrogens with zero attached hydrogens (tertiary/aromatic N) is 2. The third-order valence-electron chi connectivity index (χ3n) is 6.00. The molecule has 2 heterocycles. The Hall–Kier alpha value is -2.58. The summed E-state index contributed by atoms with van der Waals surface area (Å²) >= 11 is 0. The van der Waals surface area contributed by atoms with Crippen molar-refractivity contribution in [3.8, 4) is 0 Å². The van der Waals surface area contributed by atoms with Crippen molar-refractivity contribution < 1.29 is 13.2 Å². The zero-order chi connectivity index (χ0) is 22.9. The Labute approximate surface area is 189 Å². The molecule has 1 aliphatic heterocycles. The van der Waals surface area contributed by atoms with Crippen molar-refractivity contribution in [2.45, 2.75) is 51.0 Å². The number of hydrogen-bond donors (Lipinski definition) is 1. The first-order chi connectivity index (χ1) is 15.3. The number of rotatable bonds is 7. The van der Waals surface area contributed by atoms with Crippen LogP contribution in [0.2, 0.25) is 0 Å². The van der Waals surface area contributed by atoms with E-state index in [1.54, 1.807) is 22.8 Å². The van der Waals surface area contributed by atoms with Gasteiger partial charge in [-0.25, -0.2) is 13.2 Å². The predicted molar refractivity (Wildman–Crippen MR) is 127 cm³/mol. The number of fused-ring (bicyclic) bond motifs is 1. The summed E-state index contributed by atoms with van der Waals surface area (Å²) in [4.78, 5) is 15.7. The highest BCUT2D eigenvalue weighted by Gasteiger charge is 2.27. The average Bonchev–Trinajstić information content (AvgIpc) is 3.12. The molecular formula is C24H31N3O4S. The normalized spacial score (nSPS) is 15.5. The number of aryl methyl sites for hydroxylation is 1. The van der Waals surface area contributed by atoms with Gasteiger partial charge in [0.15, 0.2) is 0 Å². The number of aromatic nitrogens is 2. The van der Waals surface area contributed by atoms with Gasteiger partial charge >= 0.3 is 5.69 Å². The van der Waals surface area contributed by atoms with Crippen LogP contribution in [0, 0.1) is 5.92 Å². The molecule has 0 atom stereocenters. The number of imidazole rings is 1. The van der Waals surface area contributed by atoms with Crippen LogP contribution in [0.15, 0.2) is 52.2 Å². The summed E-state index contributed by atoms with van der Waals surface area (Å²) in [5.74, 6) is 0.147. The lowest BCUT2D eigenvalue weighted by Crippen LogP contribution is -2.34. The number of aromatic amines is 1. The van der Waals surface area contributed by atoms with Crippen molar-refractivity contribution in [1.29, 1.82) is 0 Å². The maximum absolute atomic E-state index is 13.7. The number of sulfonamides is 1. The topological polar surface area (TPSA) is 84.4 Å². The molecule has 1 fully saturated rings. The van der Waals surface area contributed by atoms with Crippen LogP contribution < -0.4 is 9.99 Å². The average molecular weight is 458 g/mol. The third kappa shape index (κ3) is 4.34. The zero-order valence-corrected chi connectivity index (χ0v) is 19.7. The van der Waals surface area contributed by atoms with E-state index < -0.39 is 10.0 Å². The number of H-pyrrole nitrogens is 1. The van der Waals surface area contributed by atoms with Gasteiger partial charge in [0.25, 0.3) is 10.0 Å². The lowest BCUT2D eigenvalue weighted by molar-refractivity contribution is 0.0698. The first-order valence-corrected chi connectivity index (χ1v) is 12.7. The third-order valence-corrected chi connectivity index (χ3v) is 7.79. The van der Waals surface area contributed by atoms with E-state index in [0.717, 1.165) is 30.3 Å². The Kier molecular flexibility index (Phi) is 6.44. The number of hydrogen-bond acceptors (Lipinski definition) is 4. The summed E-state index contributed by atoms with van der Waals surface area (Å²) in [6.45, 7) is 7.68. The number of nitrogens with one attached hydrogen (secondary N) is 1. The van der Waals surface area contributed by atoms with Crippen molar-refractivity contribution >= 4 is 26.7 Å². The molecule has 2 aromatic carbocycles. The molecule has 8 heteroatoms. The molecule has 1 saturated heterocycles. The maximum atomic E-state index is 13.7. The molecule has 1 aromatic heterocycles. The Morgan fingerprint density at radius 3 is 2.44 bits per heavy atom. The summed E-state index contributed by atoms with van der Waals surface area (Å²) in [7, 11) is -3.81. The predicted octanol–water partition coefficient (Wildman–Crippen LogP) is 4.09. The van der Waals surface area contributed by atoms with Crippen LogP contribution >= 0.6 is 0 Å². The highest BCUT2D eigenvalue weighted by molar-refractivity contribution is 7.92. The highest BCUT2D eigenvalue weighted by Crippen LogP contribution is 2.29. The molecule has 32 heavy (non-hydrogen) atoms. The summed E-state index contributed by atoms with van der Waals surface area (Å²) < 4.78 is 36.0. The number of anilines is 1. The lowest BCUT2D eigenvalue weighted by Gasteiger charge is -2.26. The maximum Gasteiger partial charge on any atom is 0.326 e. The van der Waals surface area contributed by atoms with Crippen molar-refractivity contribution in [2.24, 2.45) is 5.92 Å². The van der Waals surface area contributed by atoms with Crippen molar-refractivity contribution in [3.05, 3.63) is 58.5 Å². The molecule has 0 saturated carbocycles. The molecule has 4 rings (SSSR count). The van der Waals surface area contributed by atoms with Crippen molar-refractivity contribution in [1.82, 2.24) is 9.55 Å². The van der Waals surface area contributed by atoms with Gasteiger partial charge in [-0.3, -0.25) is 8.87 Å². The summed E-state index contributed by atoms with van der Waals surface area (Å²) in [6, 6.07) is 12.6. The van der Waals surface area contributed by atoms with Gasteiger partial charge in [-0.15, -0.1) is 0 Å². The van der Waals surface area contributed by atoms with Gasteiger partial charge in [0, 0.05) is 25.8 Å². The van der Waals surface area contributed by atoms with Crippen LogP contribution in [-0.4, -0.2) is 37.7 Å². The van der Waals surface area contributed by atoms with Crippen molar-refractivity contribution in [2.75, 3.05) is 24.1 Å². The van der Waals surface area contributed by atoms with E-state index in [-0.39, 0.29) is 22.5 Å². The van der Waals surface area contributed by atoms with Crippen LogP contribution in [0.25, 0.3) is 11.0 Å². The van der Waals surface area contributed by atoms with E-state index in [0.29, 0.717) is 31.0 Å². The molecule has 0 amide bonds. The van der Waals surface area contributed by atoms with Gasteiger partial charge in [-0.1, -0.05) is 32.9 Å². The summed E-state index contributed by atoms with van der Waals surface area (Å²) in [5, 5.41) is 0. The van der Waals surface area contributed by atoms with E-state index >= 15 is 0 Å². The van der Waals surface area contributed by atoms with Crippen LogP contribution in [0.4, 0.5) is 5.69 Å². The standard InChI is InChI=1S/C24H31N3O4S/c1-4-18-5-7-19(8-6-18)26(16-17(2)3)32(29,30)21-9-10-23-22(15-21)25-24(28)27(23)20-11-13-31-14-12-20/h5-10,15,17,20H,4,11-14,16H2,1-3H3,(H,25,28). The van der Waals surface area contributed by atoms with E-state index in [1.165, 1.54) is 4.31 Å². The largest absolute Gasteiger partial charge is 0.381 e. The fraction of sp³-hybridized carbons (Fsp3) is 0.458. The molecular weight excluding hydrogens is 426 g/mol. The second-order valence-electron chi connectivity index (χ2n) is 8.77. The minimum absolute atomic E-state index is 0.0574. The Balaban J connectivity index is 1.75. The van der Waals surface area contributed by atoms with E-state index in [4.69, 9.17) is 4.74 Å². The highest BCUT2D eigenvalue weighted by atomic mass is 32.2. The fourth-order valence-electron chi connectivity index (χ4n) is 4.28. The number of benzene rings is 2. The minimum atomic E-state index is -3.81. The van der Waals surface area contributed by atoms with Crippen LogP contribution in [0.5, 0.6) is 0 Å². The van der Waals surface area contributed by atoms with E-state index in [9.17, 15) is 13.2 Å². The minimum Gasteiger partial charge on any atom is -0.381 e. The molecule has 0 radical (unpaired) electrons. The first-order valence-electron chi connectivity index (χ1n) is 11.2. The molecule has 0 aliphatic carbocycles. The first kappa shape index (κ1) is 22.6. The molecule has 7 nitrogen and oxygen atoms in total. The van der Waals surface area contributed by atoms with Gasteiger partial charge < -0.3 is 9.72 Å². The molecule has 1 N–H and O–H groups in total. The lowest BCUT2D eigenvalue weighted by atomic mass is 10.1. The molecule has 1 aliphatic rings. The SMILES string of the molecule is CCc1ccc(N(CC(C)C)S(=O)(=O)c2ccc3c(c2)[nH]c(=O)n3C2CCOCC2)cc1. The van der Waals surface area contributed by atoms with Gasteiger partial charge in [-0.05, 0) is 61.1 Å². The Morgan fingerprint density at radius 2 is 1.81 bits per heavy atom. The van der Waals surface area contributed by atoms with E-state index in [2.05, 4.69) is 11.9 Å². The van der Waals surface area contributed by atoms with Crippen molar-refractivity contribution in [3.63, 3.8) is 0 Å². The molecule has 3 aromatic rings. The zero-order valence-electron chi connectivity index (χ0n) is 18.9. The van der Waals surface area contributed by atoms with E-state index in [1.807, 2.05) is 38.1 Å². The second-order valence-corrected chi connectivity index (χ2v) is 10.6. The summed E-state index contributed by atoms with van der Waals surface area (Å²) in [6.07, 6.45) is 2.43. The second kappa shape index (κ2) is 9.11. The molecule has 0 spiro atoms. The van der Waals surface area contributed by atoms with Crippen LogP contribution in [0.3, 0.4) is 0 Å². The molecule has 172 valence electrons. The molecule has 0 bridgehead atoms. The quantitative estimate of drug-likeness (QED) is 0.579. The van der Waals surface area contributed by atoms with Crippen LogP contribution in [-0.2, 0) is 21.2 Å². The van der Waals surface area contributed by atoms with Gasteiger partial charge in [0.2, 0.25) is 0 Å². The van der Waals surface area contributed by atoms with Gasteiger partial charge in [-0.2, -0.15) is 0 Å². The fourth-order valence-corrected chi connectivity index (χ4v) is 5.93. The molecule has 0 unspecified atom stereocenters. The monoisotopic (exact) mass is 457 g/mol. The number of ether oxygens (including phenoxy) is 1. The summed E-state index contributed by atoms with van der Waals surface area (Å²) in [5.41, 5.74) is 2.85. The van der Waals surface area contributed by atoms with Gasteiger partial charge in [0.1, 0.15) is 0 Å². The van der Waals surface area contributed by atoms with Crippen LogP contribution in [0.1, 0.15) is 45.2 Å². The Morgan fingerprint density at radius 1 is 1.12 bits per heavy atom. The Bertz CT molecular complexity index is 1240. The van der Waals surface area contributed by atoms with Gasteiger partial charge in [0.05, 0.1) is 21.6 Å².